The Balaban J connectivity index is 1.62. The van der Waals surface area contributed by atoms with Crippen LogP contribution in [0.2, 0.25) is 0 Å². The maximum Gasteiger partial charge on any atom is 0.339 e. The Labute approximate surface area is 169 Å². The Hall–Kier alpha value is -3.33. The van der Waals surface area contributed by atoms with Crippen molar-refractivity contribution in [2.45, 2.75) is 17.9 Å². The highest BCUT2D eigenvalue weighted by Gasteiger charge is 2.14. The fourth-order valence-corrected chi connectivity index (χ4v) is 3.56. The second-order valence-electron chi connectivity index (χ2n) is 6.17. The summed E-state index contributed by atoms with van der Waals surface area (Å²) < 4.78 is 6.36. The summed E-state index contributed by atoms with van der Waals surface area (Å²) in [5, 5.41) is 0.421. The average Bonchev–Trinajstić information content (AvgIpc) is 2.71. The number of hydrogen-bond acceptors (Lipinski definition) is 6. The van der Waals surface area contributed by atoms with E-state index in [9.17, 15) is 19.2 Å². The number of rotatable bonds is 8. The summed E-state index contributed by atoms with van der Waals surface area (Å²) in [5.74, 6) is -0.973. The minimum absolute atomic E-state index is 0.0341. The summed E-state index contributed by atoms with van der Waals surface area (Å²) in [6, 6.07) is 13.5. The third-order valence-corrected chi connectivity index (χ3v) is 5.22. The van der Waals surface area contributed by atoms with Crippen LogP contribution in [-0.4, -0.2) is 33.8 Å². The summed E-state index contributed by atoms with van der Waals surface area (Å²) in [6.07, 6.45) is 0.295. The molecule has 0 aliphatic rings. The first kappa shape index (κ1) is 20.4. The van der Waals surface area contributed by atoms with Gasteiger partial charge >= 0.3 is 11.7 Å². The summed E-state index contributed by atoms with van der Waals surface area (Å²) in [4.78, 5) is 51.2. The second kappa shape index (κ2) is 9.24. The normalized spacial score (nSPS) is 10.8. The molecule has 1 aromatic heterocycles. The summed E-state index contributed by atoms with van der Waals surface area (Å²) >= 11 is 1.16. The van der Waals surface area contributed by atoms with Gasteiger partial charge in [0.05, 0.1) is 28.8 Å². The Morgan fingerprint density at radius 1 is 1.07 bits per heavy atom. The van der Waals surface area contributed by atoms with E-state index in [0.717, 1.165) is 16.3 Å². The van der Waals surface area contributed by atoms with Crippen LogP contribution in [0.1, 0.15) is 16.8 Å². The number of thioether (sulfide) groups is 1. The molecule has 0 spiro atoms. The molecule has 3 rings (SSSR count). The van der Waals surface area contributed by atoms with Gasteiger partial charge in [0, 0.05) is 11.4 Å². The number of benzene rings is 2. The number of aromatic amines is 1. The van der Waals surface area contributed by atoms with E-state index in [1.165, 1.54) is 0 Å². The molecular formula is C20H19N3O5S. The van der Waals surface area contributed by atoms with Crippen molar-refractivity contribution in [2.24, 2.45) is 5.73 Å². The number of nitrogens with two attached hydrogens (primary N) is 1. The number of nitrogens with one attached hydrogen (secondary N) is 1. The van der Waals surface area contributed by atoms with E-state index in [0.29, 0.717) is 27.8 Å². The minimum atomic E-state index is -0.544. The molecule has 3 aromatic rings. The highest BCUT2D eigenvalue weighted by Crippen LogP contribution is 2.23. The Kier molecular flexibility index (Phi) is 6.50. The van der Waals surface area contributed by atoms with Crippen LogP contribution in [0.25, 0.3) is 10.9 Å². The topological polar surface area (TPSA) is 124 Å². The van der Waals surface area contributed by atoms with E-state index in [1.54, 1.807) is 48.5 Å². The molecule has 8 nitrogen and oxygen atoms in total. The fraction of sp³-hybridized carbons (Fsp3) is 0.200. The lowest BCUT2D eigenvalue weighted by Gasteiger charge is -2.09. The molecular weight excluding hydrogens is 394 g/mol. The first-order valence-electron chi connectivity index (χ1n) is 8.86. The Bertz CT molecular complexity index is 1170. The molecule has 9 heteroatoms. The molecule has 0 fully saturated rings. The SMILES string of the molecule is NC(=O)CSc1ccccc1C(=O)OCCCn1c(=O)[nH]c2ccccc2c1=O. The van der Waals surface area contributed by atoms with Crippen LogP contribution >= 0.6 is 11.8 Å². The number of carbonyl (C=O) groups excluding carboxylic acids is 2. The molecule has 0 aliphatic carbocycles. The van der Waals surface area contributed by atoms with Crippen LogP contribution in [0.5, 0.6) is 0 Å². The summed E-state index contributed by atoms with van der Waals surface area (Å²) in [5.41, 5.74) is 5.07. The van der Waals surface area contributed by atoms with Gasteiger partial charge in [0.15, 0.2) is 0 Å². The smallest absolute Gasteiger partial charge is 0.339 e. The number of amides is 1. The number of primary amides is 1. The number of aromatic nitrogens is 2. The van der Waals surface area contributed by atoms with Crippen molar-refractivity contribution in [3.63, 3.8) is 0 Å². The van der Waals surface area contributed by atoms with Crippen LogP contribution in [-0.2, 0) is 16.1 Å². The lowest BCUT2D eigenvalue weighted by Crippen LogP contribution is -2.35. The highest BCUT2D eigenvalue weighted by molar-refractivity contribution is 8.00. The van der Waals surface area contributed by atoms with Crippen LogP contribution in [0.15, 0.2) is 63.0 Å². The molecule has 0 saturated heterocycles. The molecule has 0 unspecified atom stereocenters. The Morgan fingerprint density at radius 2 is 1.79 bits per heavy atom. The highest BCUT2D eigenvalue weighted by atomic mass is 32.2. The predicted molar refractivity (Wildman–Crippen MR) is 110 cm³/mol. The largest absolute Gasteiger partial charge is 0.462 e. The van der Waals surface area contributed by atoms with Crippen molar-refractivity contribution in [3.8, 4) is 0 Å². The number of para-hydroxylation sites is 1. The quantitative estimate of drug-likeness (QED) is 0.328. The van der Waals surface area contributed by atoms with Gasteiger partial charge in [-0.15, -0.1) is 11.8 Å². The monoisotopic (exact) mass is 413 g/mol. The molecule has 0 aliphatic heterocycles. The van der Waals surface area contributed by atoms with Crippen LogP contribution in [0, 0.1) is 0 Å². The van der Waals surface area contributed by atoms with E-state index in [-0.39, 0.29) is 24.5 Å². The molecule has 3 N–H and O–H groups in total. The number of hydrogen-bond donors (Lipinski definition) is 2. The van der Waals surface area contributed by atoms with Gasteiger partial charge < -0.3 is 15.5 Å². The minimum Gasteiger partial charge on any atom is -0.462 e. The summed E-state index contributed by atoms with van der Waals surface area (Å²) in [6.45, 7) is 0.150. The van der Waals surface area contributed by atoms with Crippen LogP contribution < -0.4 is 17.0 Å². The van der Waals surface area contributed by atoms with Crippen molar-refractivity contribution < 1.29 is 14.3 Å². The Morgan fingerprint density at radius 3 is 2.59 bits per heavy atom. The van der Waals surface area contributed by atoms with Gasteiger partial charge in [-0.25, -0.2) is 9.59 Å². The van der Waals surface area contributed by atoms with E-state index < -0.39 is 17.6 Å². The molecule has 1 amide bonds. The van der Waals surface area contributed by atoms with Gasteiger partial charge in [0.1, 0.15) is 0 Å². The van der Waals surface area contributed by atoms with Crippen LogP contribution in [0.3, 0.4) is 0 Å². The van der Waals surface area contributed by atoms with Gasteiger partial charge in [0.2, 0.25) is 5.91 Å². The van der Waals surface area contributed by atoms with Crippen molar-refractivity contribution >= 4 is 34.5 Å². The zero-order valence-electron chi connectivity index (χ0n) is 15.4. The molecule has 0 saturated carbocycles. The zero-order chi connectivity index (χ0) is 20.8. The maximum absolute atomic E-state index is 12.5. The molecule has 0 radical (unpaired) electrons. The molecule has 2 aromatic carbocycles. The zero-order valence-corrected chi connectivity index (χ0v) is 16.2. The molecule has 29 heavy (non-hydrogen) atoms. The number of nitrogens with zero attached hydrogens (tertiary/aromatic N) is 1. The summed E-state index contributed by atoms with van der Waals surface area (Å²) in [7, 11) is 0. The first-order chi connectivity index (χ1) is 14.0. The van der Waals surface area contributed by atoms with E-state index >= 15 is 0 Å². The number of H-pyrrole nitrogens is 1. The number of ether oxygens (including phenoxy) is 1. The van der Waals surface area contributed by atoms with E-state index in [2.05, 4.69) is 4.98 Å². The number of carbonyl (C=O) groups is 2. The molecule has 0 atom stereocenters. The van der Waals surface area contributed by atoms with Gasteiger partial charge in [-0.2, -0.15) is 0 Å². The first-order valence-corrected chi connectivity index (χ1v) is 9.85. The molecule has 150 valence electrons. The van der Waals surface area contributed by atoms with Crippen molar-refractivity contribution in [1.82, 2.24) is 9.55 Å². The van der Waals surface area contributed by atoms with Crippen molar-refractivity contribution in [3.05, 3.63) is 74.9 Å². The molecule has 0 bridgehead atoms. The predicted octanol–water partition coefficient (Wildman–Crippen LogP) is 1.51. The van der Waals surface area contributed by atoms with Gasteiger partial charge in [-0.05, 0) is 30.7 Å². The third-order valence-electron chi connectivity index (χ3n) is 4.13. The molecule has 1 heterocycles. The van der Waals surface area contributed by atoms with Crippen molar-refractivity contribution in [1.29, 1.82) is 0 Å². The fourth-order valence-electron chi connectivity index (χ4n) is 2.78. The van der Waals surface area contributed by atoms with Gasteiger partial charge in [-0.3, -0.25) is 14.2 Å². The van der Waals surface area contributed by atoms with Crippen LogP contribution in [0.4, 0.5) is 0 Å². The second-order valence-corrected chi connectivity index (χ2v) is 7.19. The maximum atomic E-state index is 12.5. The van der Waals surface area contributed by atoms with Crippen molar-refractivity contribution in [2.75, 3.05) is 12.4 Å². The van der Waals surface area contributed by atoms with Gasteiger partial charge in [-0.1, -0.05) is 24.3 Å². The average molecular weight is 413 g/mol. The standard InChI is InChI=1S/C20H19N3O5S/c21-17(24)12-29-16-9-4-2-7-14(16)19(26)28-11-5-10-23-18(25)13-6-1-3-8-15(13)22-20(23)27/h1-4,6-9H,5,10-12H2,(H2,21,24)(H,22,27). The van der Waals surface area contributed by atoms with Gasteiger partial charge in [0.25, 0.3) is 5.56 Å². The van der Waals surface area contributed by atoms with E-state index in [1.807, 2.05) is 0 Å². The lowest BCUT2D eigenvalue weighted by atomic mass is 10.2. The number of esters is 1. The number of fused-ring (bicyclic) bond motifs is 1. The lowest BCUT2D eigenvalue weighted by molar-refractivity contribution is -0.115. The van der Waals surface area contributed by atoms with E-state index in [4.69, 9.17) is 10.5 Å². The third kappa shape index (κ3) is 4.94.